The minimum Gasteiger partial charge on any atom is -0.397 e. The zero-order valence-corrected chi connectivity index (χ0v) is 6.95. The van der Waals surface area contributed by atoms with Crippen molar-refractivity contribution in [2.45, 2.75) is 4.90 Å². The Morgan fingerprint density at radius 1 is 1.45 bits per heavy atom. The Hall–Kier alpha value is -0.830. The summed E-state index contributed by atoms with van der Waals surface area (Å²) in [4.78, 5) is 1.27. The smallest absolute Gasteiger partial charge is 0.0712 e. The number of rotatable bonds is 0. The molecule has 0 unspecified atom stereocenters. The van der Waals surface area contributed by atoms with Crippen molar-refractivity contribution in [2.24, 2.45) is 0 Å². The van der Waals surface area contributed by atoms with E-state index >= 15 is 0 Å². The van der Waals surface area contributed by atoms with Gasteiger partial charge in [0.2, 0.25) is 0 Å². The molecule has 0 fully saturated rings. The average molecular weight is 166 g/mol. The Kier molecular flexibility index (Phi) is 1.66. The Labute approximate surface area is 70.2 Å². The topological polar surface area (TPSA) is 38.0 Å². The van der Waals surface area contributed by atoms with Crippen LogP contribution in [0.5, 0.6) is 0 Å². The number of benzene rings is 1. The van der Waals surface area contributed by atoms with E-state index in [0.29, 0.717) is 0 Å². The van der Waals surface area contributed by atoms with Gasteiger partial charge in [0, 0.05) is 17.2 Å². The summed E-state index contributed by atoms with van der Waals surface area (Å²) in [5, 5.41) is 3.29. The predicted octanol–water partition coefficient (Wildman–Crippen LogP) is 1.79. The highest BCUT2D eigenvalue weighted by Gasteiger charge is 2.09. The minimum atomic E-state index is 0.856. The number of nitrogen functional groups attached to an aromatic ring is 1. The van der Waals surface area contributed by atoms with Crippen molar-refractivity contribution in [3.63, 3.8) is 0 Å². The number of fused-ring (bicyclic) bond motifs is 1. The second kappa shape index (κ2) is 2.66. The van der Waals surface area contributed by atoms with Crippen LogP contribution in [0.3, 0.4) is 0 Å². The van der Waals surface area contributed by atoms with E-state index in [1.165, 1.54) is 4.90 Å². The van der Waals surface area contributed by atoms with Gasteiger partial charge in [-0.2, -0.15) is 0 Å². The molecule has 1 aromatic rings. The number of nitrogens with two attached hydrogens (primary N) is 1. The molecular formula is C8H10N2S. The summed E-state index contributed by atoms with van der Waals surface area (Å²) in [7, 11) is 0. The molecule has 0 radical (unpaired) electrons. The largest absolute Gasteiger partial charge is 0.397 e. The molecule has 1 heterocycles. The van der Waals surface area contributed by atoms with E-state index in [0.717, 1.165) is 23.7 Å². The molecule has 0 atom stereocenters. The normalized spacial score (nSPS) is 15.3. The van der Waals surface area contributed by atoms with E-state index in [1.54, 1.807) is 0 Å². The highest BCUT2D eigenvalue weighted by molar-refractivity contribution is 7.99. The number of anilines is 2. The van der Waals surface area contributed by atoms with Crippen LogP contribution in [0.4, 0.5) is 11.4 Å². The van der Waals surface area contributed by atoms with Gasteiger partial charge in [-0.3, -0.25) is 0 Å². The van der Waals surface area contributed by atoms with Crippen LogP contribution >= 0.6 is 11.8 Å². The fourth-order valence-corrected chi connectivity index (χ4v) is 2.13. The number of hydrogen-bond donors (Lipinski definition) is 2. The molecule has 11 heavy (non-hydrogen) atoms. The third-order valence-corrected chi connectivity index (χ3v) is 2.78. The highest BCUT2D eigenvalue weighted by Crippen LogP contribution is 2.34. The maximum Gasteiger partial charge on any atom is 0.0712 e. The first-order chi connectivity index (χ1) is 5.38. The lowest BCUT2D eigenvalue weighted by molar-refractivity contribution is 1.17. The number of nitrogens with one attached hydrogen (secondary N) is 1. The summed E-state index contributed by atoms with van der Waals surface area (Å²) in [5.74, 6) is 1.14. The van der Waals surface area contributed by atoms with Gasteiger partial charge in [0.15, 0.2) is 0 Å². The monoisotopic (exact) mass is 166 g/mol. The molecule has 1 aliphatic rings. The zero-order valence-electron chi connectivity index (χ0n) is 6.13. The van der Waals surface area contributed by atoms with Gasteiger partial charge in [-0.05, 0) is 12.1 Å². The lowest BCUT2D eigenvalue weighted by Crippen LogP contribution is -2.11. The molecule has 0 saturated carbocycles. The Bertz CT molecular complexity index is 273. The molecule has 2 rings (SSSR count). The first-order valence-electron chi connectivity index (χ1n) is 3.63. The van der Waals surface area contributed by atoms with Crippen LogP contribution in [0.15, 0.2) is 23.1 Å². The van der Waals surface area contributed by atoms with Crippen LogP contribution in [0.25, 0.3) is 0 Å². The fourth-order valence-electron chi connectivity index (χ4n) is 1.19. The lowest BCUT2D eigenvalue weighted by Gasteiger charge is -2.18. The van der Waals surface area contributed by atoms with Crippen molar-refractivity contribution in [1.29, 1.82) is 0 Å². The maximum absolute atomic E-state index is 5.77. The van der Waals surface area contributed by atoms with Gasteiger partial charge in [-0.15, -0.1) is 11.8 Å². The van der Waals surface area contributed by atoms with Gasteiger partial charge >= 0.3 is 0 Å². The lowest BCUT2D eigenvalue weighted by atomic mass is 10.2. The van der Waals surface area contributed by atoms with E-state index in [9.17, 15) is 0 Å². The van der Waals surface area contributed by atoms with Crippen LogP contribution in [0, 0.1) is 0 Å². The molecule has 0 amide bonds. The van der Waals surface area contributed by atoms with Crippen LogP contribution in [-0.4, -0.2) is 12.3 Å². The minimum absolute atomic E-state index is 0.856. The van der Waals surface area contributed by atoms with Gasteiger partial charge < -0.3 is 11.1 Å². The van der Waals surface area contributed by atoms with Crippen molar-refractivity contribution >= 4 is 23.1 Å². The predicted molar refractivity (Wildman–Crippen MR) is 50.1 cm³/mol. The molecule has 0 aliphatic carbocycles. The number of para-hydroxylation sites is 1. The molecular weight excluding hydrogens is 156 g/mol. The molecule has 0 aromatic heterocycles. The molecule has 1 aliphatic heterocycles. The summed E-state index contributed by atoms with van der Waals surface area (Å²) in [6, 6.07) is 6.02. The summed E-state index contributed by atoms with van der Waals surface area (Å²) in [5.41, 5.74) is 7.74. The standard InChI is InChI=1S/C8H10N2S/c9-6-2-1-3-7-8(6)10-4-5-11-7/h1-3,10H,4-5,9H2. The van der Waals surface area contributed by atoms with Gasteiger partial charge in [-0.25, -0.2) is 0 Å². The Morgan fingerprint density at radius 3 is 3.18 bits per heavy atom. The molecule has 3 N–H and O–H groups in total. The SMILES string of the molecule is Nc1cccc2c1NCCS2. The third-order valence-electron chi connectivity index (χ3n) is 1.72. The second-order valence-corrected chi connectivity index (χ2v) is 3.63. The van der Waals surface area contributed by atoms with Crippen molar-refractivity contribution in [1.82, 2.24) is 0 Å². The van der Waals surface area contributed by atoms with Gasteiger partial charge in [0.05, 0.1) is 11.4 Å². The molecule has 0 saturated heterocycles. The maximum atomic E-state index is 5.77. The fraction of sp³-hybridized carbons (Fsp3) is 0.250. The van der Waals surface area contributed by atoms with Gasteiger partial charge in [-0.1, -0.05) is 6.07 Å². The number of hydrogen-bond acceptors (Lipinski definition) is 3. The molecule has 2 nitrogen and oxygen atoms in total. The van der Waals surface area contributed by atoms with Gasteiger partial charge in [0.25, 0.3) is 0 Å². The first kappa shape index (κ1) is 6.85. The Morgan fingerprint density at radius 2 is 2.36 bits per heavy atom. The molecule has 0 bridgehead atoms. The summed E-state index contributed by atoms with van der Waals surface area (Å²) < 4.78 is 0. The van der Waals surface area contributed by atoms with E-state index < -0.39 is 0 Å². The summed E-state index contributed by atoms with van der Waals surface area (Å²) >= 11 is 1.86. The third kappa shape index (κ3) is 1.16. The quantitative estimate of drug-likeness (QED) is 0.577. The van der Waals surface area contributed by atoms with Crippen LogP contribution in [-0.2, 0) is 0 Å². The molecule has 58 valence electrons. The summed E-state index contributed by atoms with van der Waals surface area (Å²) in [6.07, 6.45) is 0. The highest BCUT2D eigenvalue weighted by atomic mass is 32.2. The van der Waals surface area contributed by atoms with Crippen LogP contribution in [0.2, 0.25) is 0 Å². The van der Waals surface area contributed by atoms with E-state index in [1.807, 2.05) is 23.9 Å². The number of thioether (sulfide) groups is 1. The van der Waals surface area contributed by atoms with E-state index in [4.69, 9.17) is 5.73 Å². The van der Waals surface area contributed by atoms with Crippen molar-refractivity contribution in [2.75, 3.05) is 23.3 Å². The first-order valence-corrected chi connectivity index (χ1v) is 4.61. The molecule has 3 heteroatoms. The van der Waals surface area contributed by atoms with E-state index in [2.05, 4.69) is 11.4 Å². The van der Waals surface area contributed by atoms with E-state index in [-0.39, 0.29) is 0 Å². The van der Waals surface area contributed by atoms with Crippen LogP contribution < -0.4 is 11.1 Å². The van der Waals surface area contributed by atoms with Gasteiger partial charge in [0.1, 0.15) is 0 Å². The van der Waals surface area contributed by atoms with Crippen LogP contribution in [0.1, 0.15) is 0 Å². The molecule has 1 aromatic carbocycles. The second-order valence-electron chi connectivity index (χ2n) is 2.50. The zero-order chi connectivity index (χ0) is 7.68. The average Bonchev–Trinajstić information content (AvgIpc) is 2.06. The van der Waals surface area contributed by atoms with Crippen molar-refractivity contribution < 1.29 is 0 Å². The Balaban J connectivity index is 2.49. The van der Waals surface area contributed by atoms with Crippen molar-refractivity contribution in [3.05, 3.63) is 18.2 Å². The molecule has 0 spiro atoms. The summed E-state index contributed by atoms with van der Waals surface area (Å²) in [6.45, 7) is 1.02. The van der Waals surface area contributed by atoms with Crippen molar-refractivity contribution in [3.8, 4) is 0 Å².